The van der Waals surface area contributed by atoms with Crippen LogP contribution in [-0.4, -0.2) is 30.5 Å². The average molecular weight is 285 g/mol. The van der Waals surface area contributed by atoms with E-state index in [0.717, 1.165) is 0 Å². The molecule has 2 N–H and O–H groups in total. The van der Waals surface area contributed by atoms with Gasteiger partial charge in [-0.1, -0.05) is 0 Å². The molecule has 0 aliphatic heterocycles. The molecule has 0 unspecified atom stereocenters. The van der Waals surface area contributed by atoms with Crippen LogP contribution in [0.2, 0.25) is 0 Å². The highest BCUT2D eigenvalue weighted by atomic mass is 16.5. The van der Waals surface area contributed by atoms with E-state index in [-0.39, 0.29) is 18.4 Å². The van der Waals surface area contributed by atoms with Crippen LogP contribution in [0, 0.1) is 0 Å². The van der Waals surface area contributed by atoms with E-state index < -0.39 is 0 Å². The number of aromatic nitrogens is 1. The molecule has 6 nitrogen and oxygen atoms in total. The van der Waals surface area contributed by atoms with Crippen LogP contribution in [0.3, 0.4) is 0 Å². The van der Waals surface area contributed by atoms with Crippen molar-refractivity contribution < 1.29 is 14.3 Å². The second kappa shape index (κ2) is 7.04. The third-order valence-electron chi connectivity index (χ3n) is 2.71. The molecular formula is C15H15N3O3. The van der Waals surface area contributed by atoms with E-state index in [0.29, 0.717) is 17.0 Å². The normalized spacial score (nSPS) is 9.76. The number of benzene rings is 1. The van der Waals surface area contributed by atoms with Gasteiger partial charge < -0.3 is 15.4 Å². The predicted molar refractivity (Wildman–Crippen MR) is 78.2 cm³/mol. The summed E-state index contributed by atoms with van der Waals surface area (Å²) < 4.78 is 5.01. The van der Waals surface area contributed by atoms with Gasteiger partial charge in [-0.15, -0.1) is 0 Å². The number of carbonyl (C=O) groups excluding carboxylic acids is 2. The number of amides is 2. The van der Waals surface area contributed by atoms with Crippen LogP contribution in [0.25, 0.3) is 0 Å². The molecule has 2 amide bonds. The fourth-order valence-electron chi connectivity index (χ4n) is 1.65. The highest BCUT2D eigenvalue weighted by Crippen LogP contribution is 2.11. The first-order valence-corrected chi connectivity index (χ1v) is 6.31. The van der Waals surface area contributed by atoms with Crippen LogP contribution in [0.1, 0.15) is 10.4 Å². The fraction of sp³-hybridized carbons (Fsp3) is 0.133. The van der Waals surface area contributed by atoms with Crippen LogP contribution in [0.15, 0.2) is 48.8 Å². The van der Waals surface area contributed by atoms with E-state index in [2.05, 4.69) is 15.6 Å². The molecule has 2 aromatic rings. The van der Waals surface area contributed by atoms with Crippen LogP contribution >= 0.6 is 0 Å². The average Bonchev–Trinajstić information content (AvgIpc) is 2.53. The Morgan fingerprint density at radius 2 is 1.95 bits per heavy atom. The second-order valence-electron chi connectivity index (χ2n) is 4.20. The van der Waals surface area contributed by atoms with Crippen molar-refractivity contribution in [2.24, 2.45) is 0 Å². The summed E-state index contributed by atoms with van der Waals surface area (Å²) in [5, 5.41) is 5.18. The van der Waals surface area contributed by atoms with Crippen molar-refractivity contribution in [1.82, 2.24) is 10.3 Å². The van der Waals surface area contributed by atoms with Gasteiger partial charge in [0.05, 0.1) is 25.5 Å². The number of carbonyl (C=O) groups is 2. The van der Waals surface area contributed by atoms with Crippen molar-refractivity contribution in [3.05, 3.63) is 54.4 Å². The lowest BCUT2D eigenvalue weighted by atomic mass is 10.2. The number of nitrogens with zero attached hydrogens (tertiary/aromatic N) is 1. The first-order chi connectivity index (χ1) is 10.2. The molecule has 1 heterocycles. The summed E-state index contributed by atoms with van der Waals surface area (Å²) in [7, 11) is 1.55. The summed E-state index contributed by atoms with van der Waals surface area (Å²) in [5.41, 5.74) is 1.05. The number of pyridine rings is 1. The van der Waals surface area contributed by atoms with Gasteiger partial charge in [0.1, 0.15) is 5.75 Å². The van der Waals surface area contributed by atoms with Gasteiger partial charge in [-0.3, -0.25) is 14.6 Å². The lowest BCUT2D eigenvalue weighted by molar-refractivity contribution is -0.115. The zero-order valence-electron chi connectivity index (χ0n) is 11.5. The SMILES string of the molecule is COc1ccc(C(=O)NCC(=O)Nc2cccnc2)cc1. The van der Waals surface area contributed by atoms with Crippen LogP contribution in [-0.2, 0) is 4.79 Å². The van der Waals surface area contributed by atoms with Gasteiger partial charge in [-0.25, -0.2) is 0 Å². The molecule has 108 valence electrons. The summed E-state index contributed by atoms with van der Waals surface area (Å²) >= 11 is 0. The molecule has 6 heteroatoms. The van der Waals surface area contributed by atoms with Gasteiger partial charge >= 0.3 is 0 Å². The number of methoxy groups -OCH3 is 1. The van der Waals surface area contributed by atoms with E-state index in [1.165, 1.54) is 6.20 Å². The minimum atomic E-state index is -0.320. The molecule has 0 saturated carbocycles. The maximum absolute atomic E-state index is 11.9. The molecule has 0 bridgehead atoms. The number of nitrogens with one attached hydrogen (secondary N) is 2. The molecule has 0 aliphatic carbocycles. The van der Waals surface area contributed by atoms with E-state index in [4.69, 9.17) is 4.74 Å². The van der Waals surface area contributed by atoms with Crippen molar-refractivity contribution in [2.75, 3.05) is 19.0 Å². The Balaban J connectivity index is 1.84. The van der Waals surface area contributed by atoms with Gasteiger partial charge in [-0.05, 0) is 36.4 Å². The standard InChI is InChI=1S/C15H15N3O3/c1-21-13-6-4-11(5-7-13)15(20)17-10-14(19)18-12-3-2-8-16-9-12/h2-9H,10H2,1H3,(H,17,20)(H,18,19). The Morgan fingerprint density at radius 1 is 1.19 bits per heavy atom. The van der Waals surface area contributed by atoms with Gasteiger partial charge in [0.2, 0.25) is 5.91 Å². The van der Waals surface area contributed by atoms with Gasteiger partial charge in [-0.2, -0.15) is 0 Å². The van der Waals surface area contributed by atoms with Gasteiger partial charge in [0, 0.05) is 11.8 Å². The van der Waals surface area contributed by atoms with Crippen molar-refractivity contribution in [2.45, 2.75) is 0 Å². The van der Waals surface area contributed by atoms with Gasteiger partial charge in [0.25, 0.3) is 5.91 Å². The summed E-state index contributed by atoms with van der Waals surface area (Å²) in [6.07, 6.45) is 3.14. The molecule has 0 saturated heterocycles. The Kier molecular flexibility index (Phi) is 4.87. The minimum Gasteiger partial charge on any atom is -0.497 e. The first-order valence-electron chi connectivity index (χ1n) is 6.31. The molecule has 0 spiro atoms. The zero-order valence-corrected chi connectivity index (χ0v) is 11.5. The van der Waals surface area contributed by atoms with Crippen molar-refractivity contribution in [3.63, 3.8) is 0 Å². The Hall–Kier alpha value is -2.89. The van der Waals surface area contributed by atoms with E-state index >= 15 is 0 Å². The molecule has 1 aromatic carbocycles. The molecule has 0 atom stereocenters. The van der Waals surface area contributed by atoms with E-state index in [1.807, 2.05) is 0 Å². The second-order valence-corrected chi connectivity index (χ2v) is 4.20. The maximum atomic E-state index is 11.9. The summed E-state index contributed by atoms with van der Waals surface area (Å²) in [4.78, 5) is 27.4. The Morgan fingerprint density at radius 3 is 2.57 bits per heavy atom. The Bertz CT molecular complexity index is 612. The smallest absolute Gasteiger partial charge is 0.251 e. The lowest BCUT2D eigenvalue weighted by Gasteiger charge is -2.07. The van der Waals surface area contributed by atoms with E-state index in [1.54, 1.807) is 49.7 Å². The minimum absolute atomic E-state index is 0.111. The number of rotatable bonds is 5. The number of anilines is 1. The van der Waals surface area contributed by atoms with Gasteiger partial charge in [0.15, 0.2) is 0 Å². The largest absolute Gasteiger partial charge is 0.497 e. The third kappa shape index (κ3) is 4.31. The van der Waals surface area contributed by atoms with Crippen LogP contribution in [0.4, 0.5) is 5.69 Å². The fourth-order valence-corrected chi connectivity index (χ4v) is 1.65. The van der Waals surface area contributed by atoms with E-state index in [9.17, 15) is 9.59 Å². The Labute approximate surface area is 122 Å². The summed E-state index contributed by atoms with van der Waals surface area (Å²) in [6, 6.07) is 10.1. The molecule has 0 aliphatic rings. The number of hydrogen-bond donors (Lipinski definition) is 2. The molecule has 2 rings (SSSR count). The van der Waals surface area contributed by atoms with Crippen LogP contribution < -0.4 is 15.4 Å². The van der Waals surface area contributed by atoms with Crippen molar-refractivity contribution >= 4 is 17.5 Å². The molecule has 0 radical (unpaired) electrons. The summed E-state index contributed by atoms with van der Waals surface area (Å²) in [5.74, 6) is 0.0322. The zero-order chi connectivity index (χ0) is 15.1. The highest BCUT2D eigenvalue weighted by Gasteiger charge is 2.08. The van der Waals surface area contributed by atoms with Crippen molar-refractivity contribution in [3.8, 4) is 5.75 Å². The molecular weight excluding hydrogens is 270 g/mol. The molecule has 0 fully saturated rings. The summed E-state index contributed by atoms with van der Waals surface area (Å²) in [6.45, 7) is -0.111. The van der Waals surface area contributed by atoms with Crippen molar-refractivity contribution in [1.29, 1.82) is 0 Å². The van der Waals surface area contributed by atoms with Crippen LogP contribution in [0.5, 0.6) is 5.75 Å². The quantitative estimate of drug-likeness (QED) is 0.871. The lowest BCUT2D eigenvalue weighted by Crippen LogP contribution is -2.32. The first kappa shape index (κ1) is 14.5. The topological polar surface area (TPSA) is 80.3 Å². The number of hydrogen-bond acceptors (Lipinski definition) is 4. The number of ether oxygens (including phenoxy) is 1. The monoisotopic (exact) mass is 285 g/mol. The molecule has 21 heavy (non-hydrogen) atoms. The molecule has 1 aromatic heterocycles. The highest BCUT2D eigenvalue weighted by molar-refractivity contribution is 5.99. The third-order valence-corrected chi connectivity index (χ3v) is 2.71. The maximum Gasteiger partial charge on any atom is 0.251 e. The predicted octanol–water partition coefficient (Wildman–Crippen LogP) is 1.46.